The molecule has 0 bridgehead atoms. The first-order valence-corrected chi connectivity index (χ1v) is 14.0. The topological polar surface area (TPSA) is 62.3 Å². The van der Waals surface area contributed by atoms with E-state index in [1.54, 1.807) is 34.1 Å². The van der Waals surface area contributed by atoms with Crippen LogP contribution >= 0.6 is 0 Å². The number of hydrogen-bond donors (Lipinski definition) is 0. The Balaban J connectivity index is 1.56. The third-order valence-electron chi connectivity index (χ3n) is 7.52. The van der Waals surface area contributed by atoms with Crippen LogP contribution < -0.4 is 4.74 Å². The molecular formula is C30H33F6N3O4. The Bertz CT molecular complexity index is 1320. The Kier molecular flexibility index (Phi) is 9.93. The summed E-state index contributed by atoms with van der Waals surface area (Å²) in [6, 6.07) is 8.57. The molecule has 234 valence electrons. The summed E-state index contributed by atoms with van der Waals surface area (Å²) in [7, 11) is 0. The number of cyclic esters (lactones) is 1. The van der Waals surface area contributed by atoms with Crippen molar-refractivity contribution in [3.63, 3.8) is 0 Å². The van der Waals surface area contributed by atoms with Crippen LogP contribution in [-0.4, -0.2) is 78.2 Å². The molecule has 13 heteroatoms. The number of benzene rings is 2. The van der Waals surface area contributed by atoms with Gasteiger partial charge in [0.1, 0.15) is 11.5 Å². The maximum atomic E-state index is 13.4. The highest BCUT2D eigenvalue weighted by Crippen LogP contribution is 2.38. The molecular weight excluding hydrogens is 580 g/mol. The van der Waals surface area contributed by atoms with Gasteiger partial charge in [0.2, 0.25) is 5.91 Å². The Hall–Kier alpha value is -3.74. The largest absolute Gasteiger partial charge is 0.483 e. The number of halogens is 6. The number of hydrogen-bond acceptors (Lipinski definition) is 5. The highest BCUT2D eigenvalue weighted by Gasteiger charge is 2.41. The maximum Gasteiger partial charge on any atom is 0.422 e. The Morgan fingerprint density at radius 2 is 1.74 bits per heavy atom. The molecule has 0 aromatic heterocycles. The molecule has 2 aliphatic rings. The molecule has 2 heterocycles. The summed E-state index contributed by atoms with van der Waals surface area (Å²) in [6.07, 6.45) is -7.07. The molecule has 0 unspecified atom stereocenters. The molecule has 2 aromatic carbocycles. The van der Waals surface area contributed by atoms with E-state index in [0.717, 1.165) is 31.6 Å². The summed E-state index contributed by atoms with van der Waals surface area (Å²) < 4.78 is 88.3. The van der Waals surface area contributed by atoms with Gasteiger partial charge in [0, 0.05) is 37.8 Å². The fraction of sp³-hybridized carbons (Fsp3) is 0.467. The number of amides is 2. The van der Waals surface area contributed by atoms with Crippen molar-refractivity contribution >= 4 is 12.0 Å². The van der Waals surface area contributed by atoms with Crippen LogP contribution in [0.15, 0.2) is 54.3 Å². The Morgan fingerprint density at radius 1 is 1.05 bits per heavy atom. The first kappa shape index (κ1) is 32.2. The van der Waals surface area contributed by atoms with Crippen LogP contribution in [0.25, 0.3) is 11.1 Å². The zero-order valence-corrected chi connectivity index (χ0v) is 23.8. The van der Waals surface area contributed by atoms with E-state index in [1.165, 1.54) is 6.08 Å². The molecule has 1 atom stereocenters. The fourth-order valence-electron chi connectivity index (χ4n) is 5.14. The van der Waals surface area contributed by atoms with E-state index in [4.69, 9.17) is 9.47 Å². The average Bonchev–Trinajstić information content (AvgIpc) is 3.55. The SMILES string of the molecule is CCN(CC)CCN(Cc1ccc(-c2ccc(C(F)(F)F)cc2OCC(F)(F)F)cc1)C(=O)C=C1OC(=O)N2CCC[C@@H]12. The lowest BCUT2D eigenvalue weighted by atomic mass is 10.0. The number of rotatable bonds is 11. The second kappa shape index (κ2) is 13.3. The van der Waals surface area contributed by atoms with Crippen molar-refractivity contribution in [2.45, 2.75) is 51.6 Å². The van der Waals surface area contributed by atoms with Gasteiger partial charge in [-0.2, -0.15) is 26.3 Å². The predicted octanol–water partition coefficient (Wildman–Crippen LogP) is 6.48. The van der Waals surface area contributed by atoms with Gasteiger partial charge in [-0.3, -0.25) is 9.69 Å². The molecule has 2 saturated heterocycles. The monoisotopic (exact) mass is 613 g/mol. The molecule has 4 rings (SSSR count). The van der Waals surface area contributed by atoms with Gasteiger partial charge in [0.05, 0.1) is 11.6 Å². The van der Waals surface area contributed by atoms with E-state index >= 15 is 0 Å². The number of likely N-dealkylation sites (N-methyl/N-ethyl adjacent to an activating group) is 1. The zero-order chi connectivity index (χ0) is 31.4. The van der Waals surface area contributed by atoms with Crippen molar-refractivity contribution in [1.82, 2.24) is 14.7 Å². The van der Waals surface area contributed by atoms with E-state index in [9.17, 15) is 35.9 Å². The van der Waals surface area contributed by atoms with Gasteiger partial charge in [-0.25, -0.2) is 4.79 Å². The zero-order valence-electron chi connectivity index (χ0n) is 23.8. The van der Waals surface area contributed by atoms with Crippen molar-refractivity contribution < 1.29 is 45.4 Å². The minimum absolute atomic E-state index is 0.0622. The van der Waals surface area contributed by atoms with Crippen LogP contribution in [0.5, 0.6) is 5.75 Å². The maximum absolute atomic E-state index is 13.4. The third-order valence-corrected chi connectivity index (χ3v) is 7.52. The van der Waals surface area contributed by atoms with Crippen LogP contribution in [0.2, 0.25) is 0 Å². The van der Waals surface area contributed by atoms with E-state index in [0.29, 0.717) is 49.0 Å². The molecule has 2 aromatic rings. The molecule has 7 nitrogen and oxygen atoms in total. The van der Waals surface area contributed by atoms with Crippen LogP contribution in [0, 0.1) is 0 Å². The molecule has 0 N–H and O–H groups in total. The number of carbonyl (C=O) groups is 2. The molecule has 2 amide bonds. The second-order valence-electron chi connectivity index (χ2n) is 10.4. The number of alkyl halides is 6. The minimum atomic E-state index is -4.76. The smallest absolute Gasteiger partial charge is 0.422 e. The summed E-state index contributed by atoms with van der Waals surface area (Å²) in [5, 5.41) is 0. The number of carbonyl (C=O) groups excluding carboxylic acids is 2. The average molecular weight is 614 g/mol. The van der Waals surface area contributed by atoms with Gasteiger partial charge >= 0.3 is 18.4 Å². The van der Waals surface area contributed by atoms with Crippen molar-refractivity contribution in [2.24, 2.45) is 0 Å². The van der Waals surface area contributed by atoms with Crippen LogP contribution in [0.4, 0.5) is 31.1 Å². The summed E-state index contributed by atoms with van der Waals surface area (Å²) in [6.45, 7) is 5.58. The number of ether oxygens (including phenoxy) is 2. The highest BCUT2D eigenvalue weighted by molar-refractivity contribution is 5.89. The van der Waals surface area contributed by atoms with E-state index in [-0.39, 0.29) is 24.1 Å². The molecule has 2 aliphatic heterocycles. The van der Waals surface area contributed by atoms with Crippen molar-refractivity contribution in [3.05, 3.63) is 65.4 Å². The molecule has 0 spiro atoms. The van der Waals surface area contributed by atoms with Crippen molar-refractivity contribution in [1.29, 1.82) is 0 Å². The quantitative estimate of drug-likeness (QED) is 0.215. The third kappa shape index (κ3) is 8.21. The van der Waals surface area contributed by atoms with E-state index in [2.05, 4.69) is 4.90 Å². The Morgan fingerprint density at radius 3 is 2.37 bits per heavy atom. The minimum Gasteiger partial charge on any atom is -0.483 e. The summed E-state index contributed by atoms with van der Waals surface area (Å²) in [5.74, 6) is -0.558. The highest BCUT2D eigenvalue weighted by atomic mass is 19.4. The Labute approximate surface area is 245 Å². The predicted molar refractivity (Wildman–Crippen MR) is 146 cm³/mol. The first-order valence-electron chi connectivity index (χ1n) is 14.0. The lowest BCUT2D eigenvalue weighted by Crippen LogP contribution is -2.38. The van der Waals surface area contributed by atoms with Gasteiger partial charge in [-0.05, 0) is 49.2 Å². The van der Waals surface area contributed by atoms with Crippen LogP contribution in [0.1, 0.15) is 37.8 Å². The lowest BCUT2D eigenvalue weighted by Gasteiger charge is -2.26. The lowest BCUT2D eigenvalue weighted by molar-refractivity contribution is -0.153. The first-order chi connectivity index (χ1) is 20.3. The second-order valence-corrected chi connectivity index (χ2v) is 10.4. The summed E-state index contributed by atoms with van der Waals surface area (Å²) in [5.41, 5.74) is -0.0371. The van der Waals surface area contributed by atoms with Gasteiger partial charge in [-0.15, -0.1) is 0 Å². The fourth-order valence-corrected chi connectivity index (χ4v) is 5.14. The van der Waals surface area contributed by atoms with Crippen molar-refractivity contribution in [3.8, 4) is 16.9 Å². The molecule has 0 aliphatic carbocycles. The van der Waals surface area contributed by atoms with Gasteiger partial charge in [0.25, 0.3) is 0 Å². The number of fused-ring (bicyclic) bond motifs is 1. The van der Waals surface area contributed by atoms with E-state index in [1.807, 2.05) is 13.8 Å². The van der Waals surface area contributed by atoms with Gasteiger partial charge in [0.15, 0.2) is 6.61 Å². The molecule has 2 fully saturated rings. The van der Waals surface area contributed by atoms with Crippen LogP contribution in [-0.2, 0) is 22.3 Å². The van der Waals surface area contributed by atoms with Gasteiger partial charge < -0.3 is 19.3 Å². The normalized spacial score (nSPS) is 17.9. The van der Waals surface area contributed by atoms with Crippen LogP contribution in [0.3, 0.4) is 0 Å². The standard InChI is InChI=1S/C30H33F6N3O4/c1-3-37(4-2)14-15-38(27(40)17-26-24-6-5-13-39(24)28(41)43-26)18-20-7-9-21(10-8-20)23-12-11-22(30(34,35)36)16-25(23)42-19-29(31,32)33/h7-12,16-17,24H,3-6,13-15,18-19H2,1-2H3/t24-/m0/s1. The molecule has 0 saturated carbocycles. The van der Waals surface area contributed by atoms with Crippen molar-refractivity contribution in [2.75, 3.05) is 39.3 Å². The number of nitrogens with zero attached hydrogens (tertiary/aromatic N) is 3. The molecule has 43 heavy (non-hydrogen) atoms. The summed E-state index contributed by atoms with van der Waals surface area (Å²) in [4.78, 5) is 30.9. The van der Waals surface area contributed by atoms with E-state index < -0.39 is 36.4 Å². The summed E-state index contributed by atoms with van der Waals surface area (Å²) >= 11 is 0. The van der Waals surface area contributed by atoms with Gasteiger partial charge in [-0.1, -0.05) is 44.2 Å². The molecule has 0 radical (unpaired) electrons.